The lowest BCUT2D eigenvalue weighted by atomic mass is 10.1. The van der Waals surface area contributed by atoms with Crippen molar-refractivity contribution in [2.75, 3.05) is 6.54 Å². The van der Waals surface area contributed by atoms with E-state index >= 15 is 0 Å². The Balaban J connectivity index is 2.09. The zero-order chi connectivity index (χ0) is 13.1. The van der Waals surface area contributed by atoms with E-state index < -0.39 is 0 Å². The number of carbonyl (C=O) groups excluding carboxylic acids is 1. The summed E-state index contributed by atoms with van der Waals surface area (Å²) in [6, 6.07) is 6.73. The van der Waals surface area contributed by atoms with Crippen molar-refractivity contribution >= 4 is 5.91 Å². The second-order valence-corrected chi connectivity index (χ2v) is 4.96. The maximum absolute atomic E-state index is 13.1. The highest BCUT2D eigenvalue weighted by Gasteiger charge is 2.34. The van der Waals surface area contributed by atoms with E-state index in [-0.39, 0.29) is 17.6 Å². The Bertz CT molecular complexity index is 432. The summed E-state index contributed by atoms with van der Waals surface area (Å²) in [6.45, 7) is 2.67. The number of carbonyl (C=O) groups is 1. The predicted molar refractivity (Wildman–Crippen MR) is 68.2 cm³/mol. The van der Waals surface area contributed by atoms with Crippen LogP contribution < -0.4 is 5.73 Å². The Kier molecular flexibility index (Phi) is 3.97. The second-order valence-electron chi connectivity index (χ2n) is 4.96. The summed E-state index contributed by atoms with van der Waals surface area (Å²) in [6.07, 6.45) is 2.08. The van der Waals surface area contributed by atoms with Crippen molar-refractivity contribution < 1.29 is 9.18 Å². The van der Waals surface area contributed by atoms with Crippen LogP contribution in [0.2, 0.25) is 0 Å². The standard InChI is InChI=1S/C14H19FN2O/c1-10(8-16)14(18)17(13-5-6-13)9-11-3-2-4-12(15)7-11/h2-4,7,10,13H,5-6,8-9,16H2,1H3. The van der Waals surface area contributed by atoms with Gasteiger partial charge in [-0.2, -0.15) is 0 Å². The highest BCUT2D eigenvalue weighted by Crippen LogP contribution is 2.29. The molecule has 0 aromatic heterocycles. The van der Waals surface area contributed by atoms with Gasteiger partial charge in [0.1, 0.15) is 5.82 Å². The fourth-order valence-corrected chi connectivity index (χ4v) is 1.99. The third-order valence-corrected chi connectivity index (χ3v) is 3.29. The summed E-state index contributed by atoms with van der Waals surface area (Å²) in [7, 11) is 0. The average molecular weight is 250 g/mol. The lowest BCUT2D eigenvalue weighted by Crippen LogP contribution is -2.39. The van der Waals surface area contributed by atoms with Crippen molar-refractivity contribution in [1.82, 2.24) is 4.90 Å². The van der Waals surface area contributed by atoms with Crippen LogP contribution in [0.4, 0.5) is 4.39 Å². The van der Waals surface area contributed by atoms with Gasteiger partial charge < -0.3 is 10.6 Å². The number of rotatable bonds is 5. The molecule has 98 valence electrons. The molecule has 2 rings (SSSR count). The highest BCUT2D eigenvalue weighted by molar-refractivity contribution is 5.79. The van der Waals surface area contributed by atoms with Gasteiger partial charge in [0.2, 0.25) is 5.91 Å². The van der Waals surface area contributed by atoms with Crippen LogP contribution in [0.15, 0.2) is 24.3 Å². The Morgan fingerprint density at radius 2 is 2.28 bits per heavy atom. The number of hydrogen-bond acceptors (Lipinski definition) is 2. The number of benzene rings is 1. The van der Waals surface area contributed by atoms with Crippen molar-refractivity contribution in [3.63, 3.8) is 0 Å². The molecule has 18 heavy (non-hydrogen) atoms. The summed E-state index contributed by atoms with van der Waals surface area (Å²) in [5.74, 6) is -0.356. The van der Waals surface area contributed by atoms with E-state index in [1.54, 1.807) is 6.07 Å². The van der Waals surface area contributed by atoms with Gasteiger partial charge in [-0.3, -0.25) is 4.79 Å². The van der Waals surface area contributed by atoms with Crippen molar-refractivity contribution in [1.29, 1.82) is 0 Å². The first-order valence-corrected chi connectivity index (χ1v) is 6.37. The van der Waals surface area contributed by atoms with Crippen molar-refractivity contribution in [3.05, 3.63) is 35.6 Å². The van der Waals surface area contributed by atoms with Crippen LogP contribution >= 0.6 is 0 Å². The first kappa shape index (κ1) is 13.0. The molecule has 1 aromatic carbocycles. The van der Waals surface area contributed by atoms with Gasteiger partial charge in [-0.25, -0.2) is 4.39 Å². The molecule has 1 amide bonds. The molecule has 1 atom stereocenters. The van der Waals surface area contributed by atoms with Crippen molar-refractivity contribution in [2.45, 2.75) is 32.4 Å². The zero-order valence-corrected chi connectivity index (χ0v) is 10.6. The van der Waals surface area contributed by atoms with Crippen LogP contribution in [0.25, 0.3) is 0 Å². The summed E-state index contributed by atoms with van der Waals surface area (Å²) < 4.78 is 13.1. The van der Waals surface area contributed by atoms with Crippen LogP contribution in [0, 0.1) is 11.7 Å². The van der Waals surface area contributed by atoms with E-state index in [1.165, 1.54) is 12.1 Å². The molecule has 1 aromatic rings. The molecule has 0 heterocycles. The largest absolute Gasteiger partial charge is 0.335 e. The molecule has 1 saturated carbocycles. The Labute approximate surface area is 107 Å². The van der Waals surface area contributed by atoms with Crippen LogP contribution in [0.1, 0.15) is 25.3 Å². The minimum Gasteiger partial charge on any atom is -0.335 e. The first-order valence-electron chi connectivity index (χ1n) is 6.37. The second kappa shape index (κ2) is 5.48. The number of hydrogen-bond donors (Lipinski definition) is 1. The lowest BCUT2D eigenvalue weighted by Gasteiger charge is -2.25. The molecule has 1 fully saturated rings. The van der Waals surface area contributed by atoms with Gasteiger partial charge in [0.15, 0.2) is 0 Å². The van der Waals surface area contributed by atoms with Gasteiger partial charge in [0.05, 0.1) is 0 Å². The molecule has 1 aliphatic carbocycles. The van der Waals surface area contributed by atoms with Crippen LogP contribution in [0.5, 0.6) is 0 Å². The summed E-state index contributed by atoms with van der Waals surface area (Å²) in [5.41, 5.74) is 6.37. The number of nitrogens with zero attached hydrogens (tertiary/aromatic N) is 1. The lowest BCUT2D eigenvalue weighted by molar-refractivity contribution is -0.135. The van der Waals surface area contributed by atoms with Crippen molar-refractivity contribution in [2.24, 2.45) is 11.7 Å². The smallest absolute Gasteiger partial charge is 0.227 e. The predicted octanol–water partition coefficient (Wildman–Crippen LogP) is 1.91. The van der Waals surface area contributed by atoms with E-state index in [0.29, 0.717) is 19.1 Å². The molecule has 3 nitrogen and oxygen atoms in total. The average Bonchev–Trinajstić information content (AvgIpc) is 3.18. The molecule has 0 spiro atoms. The SMILES string of the molecule is CC(CN)C(=O)N(Cc1cccc(F)c1)C1CC1. The quantitative estimate of drug-likeness (QED) is 0.867. The Morgan fingerprint density at radius 1 is 1.56 bits per heavy atom. The number of amides is 1. The third-order valence-electron chi connectivity index (χ3n) is 3.29. The molecule has 2 N–H and O–H groups in total. The fraction of sp³-hybridized carbons (Fsp3) is 0.500. The van der Waals surface area contributed by atoms with Gasteiger partial charge in [-0.15, -0.1) is 0 Å². The first-order chi connectivity index (χ1) is 8.61. The van der Waals surface area contributed by atoms with E-state index in [0.717, 1.165) is 18.4 Å². The maximum Gasteiger partial charge on any atom is 0.227 e. The van der Waals surface area contributed by atoms with Gasteiger partial charge in [-0.05, 0) is 30.5 Å². The Hall–Kier alpha value is -1.42. The molecule has 4 heteroatoms. The van der Waals surface area contributed by atoms with E-state index in [2.05, 4.69) is 0 Å². The molecule has 0 bridgehead atoms. The Morgan fingerprint density at radius 3 is 2.83 bits per heavy atom. The minimum absolute atomic E-state index is 0.0734. The fourth-order valence-electron chi connectivity index (χ4n) is 1.99. The summed E-state index contributed by atoms with van der Waals surface area (Å²) in [5, 5.41) is 0. The molecule has 0 saturated heterocycles. The monoisotopic (exact) mass is 250 g/mol. The topological polar surface area (TPSA) is 46.3 Å². The maximum atomic E-state index is 13.1. The van der Waals surface area contributed by atoms with Gasteiger partial charge in [0, 0.05) is 25.0 Å². The van der Waals surface area contributed by atoms with E-state index in [1.807, 2.05) is 17.9 Å². The molecule has 1 unspecified atom stereocenters. The number of halogens is 1. The van der Waals surface area contributed by atoms with E-state index in [9.17, 15) is 9.18 Å². The summed E-state index contributed by atoms with van der Waals surface area (Å²) in [4.78, 5) is 14.0. The summed E-state index contributed by atoms with van der Waals surface area (Å²) >= 11 is 0. The normalized spacial score (nSPS) is 16.4. The van der Waals surface area contributed by atoms with Gasteiger partial charge in [-0.1, -0.05) is 19.1 Å². The zero-order valence-electron chi connectivity index (χ0n) is 10.6. The van der Waals surface area contributed by atoms with E-state index in [4.69, 9.17) is 5.73 Å². The molecular weight excluding hydrogens is 231 g/mol. The molecular formula is C14H19FN2O. The highest BCUT2D eigenvalue weighted by atomic mass is 19.1. The van der Waals surface area contributed by atoms with Crippen LogP contribution in [-0.4, -0.2) is 23.4 Å². The molecule has 0 aliphatic heterocycles. The van der Waals surface area contributed by atoms with Gasteiger partial charge >= 0.3 is 0 Å². The molecule has 0 radical (unpaired) electrons. The van der Waals surface area contributed by atoms with Gasteiger partial charge in [0.25, 0.3) is 0 Å². The van der Waals surface area contributed by atoms with Crippen molar-refractivity contribution in [3.8, 4) is 0 Å². The molecule has 1 aliphatic rings. The van der Waals surface area contributed by atoms with Crippen LogP contribution in [0.3, 0.4) is 0 Å². The van der Waals surface area contributed by atoms with Crippen LogP contribution in [-0.2, 0) is 11.3 Å². The number of nitrogens with two attached hydrogens (primary N) is 1. The third kappa shape index (κ3) is 3.07. The minimum atomic E-state index is -0.262.